The summed E-state index contributed by atoms with van der Waals surface area (Å²) in [4.78, 5) is 22.1. The Kier molecular flexibility index (Phi) is 2.22. The van der Waals surface area contributed by atoms with E-state index < -0.39 is 0 Å². The van der Waals surface area contributed by atoms with Crippen LogP contribution in [0.15, 0.2) is 12.7 Å². The lowest BCUT2D eigenvalue weighted by atomic mass is 9.94. The maximum absolute atomic E-state index is 11.1. The van der Waals surface area contributed by atoms with Crippen LogP contribution < -0.4 is 0 Å². The van der Waals surface area contributed by atoms with Gasteiger partial charge in [-0.25, -0.2) is 0 Å². The number of carbonyl (C=O) groups excluding carboxylic acids is 2. The standard InChI is InChI=1S/C9H12O2/c1-3-4-7-6(2)8(10)5-9(7)11/h3,6-7H,1,4-5H2,2H3/t6-,7-/m0/s1. The molecule has 0 saturated heterocycles. The van der Waals surface area contributed by atoms with Gasteiger partial charge in [-0.3, -0.25) is 9.59 Å². The molecule has 0 bridgehead atoms. The fourth-order valence-electron chi connectivity index (χ4n) is 1.48. The van der Waals surface area contributed by atoms with Gasteiger partial charge in [0.05, 0.1) is 6.42 Å². The normalized spacial score (nSPS) is 31.0. The first-order valence-corrected chi connectivity index (χ1v) is 3.83. The second kappa shape index (κ2) is 2.99. The van der Waals surface area contributed by atoms with Gasteiger partial charge in [-0.1, -0.05) is 13.0 Å². The van der Waals surface area contributed by atoms with E-state index in [9.17, 15) is 9.59 Å². The Morgan fingerprint density at radius 1 is 1.55 bits per heavy atom. The summed E-state index contributed by atoms with van der Waals surface area (Å²) in [6.07, 6.45) is 2.49. The minimum Gasteiger partial charge on any atom is -0.299 e. The van der Waals surface area contributed by atoms with E-state index in [2.05, 4.69) is 6.58 Å². The summed E-state index contributed by atoms with van der Waals surface area (Å²) in [6, 6.07) is 0. The minimum absolute atomic E-state index is 0.0829. The Hall–Kier alpha value is -0.920. The predicted molar refractivity (Wildman–Crippen MR) is 42.1 cm³/mol. The highest BCUT2D eigenvalue weighted by atomic mass is 16.2. The molecule has 1 fully saturated rings. The number of Topliss-reactive ketones (excluding diaryl/α,β-unsaturated/α-hetero) is 2. The molecular weight excluding hydrogens is 140 g/mol. The number of rotatable bonds is 2. The van der Waals surface area contributed by atoms with E-state index in [0.29, 0.717) is 6.42 Å². The first kappa shape index (κ1) is 8.18. The molecule has 0 heterocycles. The van der Waals surface area contributed by atoms with Crippen LogP contribution in [0.25, 0.3) is 0 Å². The zero-order valence-corrected chi connectivity index (χ0v) is 6.67. The van der Waals surface area contributed by atoms with E-state index in [4.69, 9.17) is 0 Å². The predicted octanol–water partition coefficient (Wildman–Crippen LogP) is 1.36. The highest BCUT2D eigenvalue weighted by Gasteiger charge is 2.36. The second-order valence-electron chi connectivity index (χ2n) is 3.03. The van der Waals surface area contributed by atoms with Gasteiger partial charge in [0, 0.05) is 11.8 Å². The van der Waals surface area contributed by atoms with Crippen molar-refractivity contribution in [3.05, 3.63) is 12.7 Å². The maximum Gasteiger partial charge on any atom is 0.144 e. The van der Waals surface area contributed by atoms with Crippen molar-refractivity contribution in [3.63, 3.8) is 0 Å². The molecule has 0 spiro atoms. The number of hydrogen-bond acceptors (Lipinski definition) is 2. The van der Waals surface area contributed by atoms with Crippen LogP contribution in [0, 0.1) is 11.8 Å². The van der Waals surface area contributed by atoms with Crippen LogP contribution in [-0.4, -0.2) is 11.6 Å². The van der Waals surface area contributed by atoms with E-state index >= 15 is 0 Å². The fourth-order valence-corrected chi connectivity index (χ4v) is 1.48. The highest BCUT2D eigenvalue weighted by molar-refractivity contribution is 6.08. The Labute approximate surface area is 66.3 Å². The largest absolute Gasteiger partial charge is 0.299 e. The number of hydrogen-bond donors (Lipinski definition) is 0. The summed E-state index contributed by atoms with van der Waals surface area (Å²) in [6.45, 7) is 5.38. The molecule has 1 rings (SSSR count). The van der Waals surface area contributed by atoms with Crippen molar-refractivity contribution in [1.82, 2.24) is 0 Å². The van der Waals surface area contributed by atoms with Crippen LogP contribution in [0.1, 0.15) is 19.8 Å². The summed E-state index contributed by atoms with van der Waals surface area (Å²) in [7, 11) is 0. The molecule has 2 atom stereocenters. The third-order valence-electron chi connectivity index (χ3n) is 2.29. The van der Waals surface area contributed by atoms with Gasteiger partial charge in [-0.15, -0.1) is 6.58 Å². The van der Waals surface area contributed by atoms with Crippen LogP contribution in [0.3, 0.4) is 0 Å². The van der Waals surface area contributed by atoms with Gasteiger partial charge in [0.2, 0.25) is 0 Å². The molecule has 1 saturated carbocycles. The number of carbonyl (C=O) groups is 2. The molecular formula is C9H12O2. The third-order valence-corrected chi connectivity index (χ3v) is 2.29. The first-order chi connectivity index (χ1) is 5.16. The minimum atomic E-state index is -0.0833. The fraction of sp³-hybridized carbons (Fsp3) is 0.556. The molecule has 0 unspecified atom stereocenters. The monoisotopic (exact) mass is 152 g/mol. The molecule has 0 radical (unpaired) electrons. The molecule has 0 N–H and O–H groups in total. The van der Waals surface area contributed by atoms with Gasteiger partial charge in [0.15, 0.2) is 0 Å². The van der Waals surface area contributed by atoms with Crippen molar-refractivity contribution < 1.29 is 9.59 Å². The summed E-state index contributed by atoms with van der Waals surface area (Å²) in [5, 5.41) is 0. The average molecular weight is 152 g/mol. The molecule has 0 aromatic rings. The molecule has 60 valence electrons. The van der Waals surface area contributed by atoms with Gasteiger partial charge in [-0.05, 0) is 6.42 Å². The summed E-state index contributed by atoms with van der Waals surface area (Å²) < 4.78 is 0. The van der Waals surface area contributed by atoms with Crippen molar-refractivity contribution in [2.75, 3.05) is 0 Å². The summed E-state index contributed by atoms with van der Waals surface area (Å²) in [5.41, 5.74) is 0. The van der Waals surface area contributed by atoms with Gasteiger partial charge in [-0.2, -0.15) is 0 Å². The molecule has 0 aromatic heterocycles. The van der Waals surface area contributed by atoms with Crippen molar-refractivity contribution in [2.24, 2.45) is 11.8 Å². The molecule has 2 heteroatoms. The second-order valence-corrected chi connectivity index (χ2v) is 3.03. The maximum atomic E-state index is 11.1. The van der Waals surface area contributed by atoms with E-state index in [0.717, 1.165) is 0 Å². The van der Waals surface area contributed by atoms with Crippen molar-refractivity contribution in [1.29, 1.82) is 0 Å². The third kappa shape index (κ3) is 1.39. The molecule has 1 aliphatic carbocycles. The molecule has 0 amide bonds. The first-order valence-electron chi connectivity index (χ1n) is 3.83. The Balaban J connectivity index is 2.70. The Morgan fingerprint density at radius 2 is 2.18 bits per heavy atom. The van der Waals surface area contributed by atoms with Crippen molar-refractivity contribution >= 4 is 11.6 Å². The molecule has 1 aliphatic rings. The zero-order valence-electron chi connectivity index (χ0n) is 6.67. The smallest absolute Gasteiger partial charge is 0.144 e. The lowest BCUT2D eigenvalue weighted by Gasteiger charge is -2.08. The van der Waals surface area contributed by atoms with Crippen LogP contribution >= 0.6 is 0 Å². The van der Waals surface area contributed by atoms with E-state index in [1.54, 1.807) is 6.08 Å². The van der Waals surface area contributed by atoms with Gasteiger partial charge in [0.1, 0.15) is 11.6 Å². The highest BCUT2D eigenvalue weighted by Crippen LogP contribution is 2.27. The lowest BCUT2D eigenvalue weighted by molar-refractivity contribution is -0.122. The van der Waals surface area contributed by atoms with Crippen LogP contribution in [0.4, 0.5) is 0 Å². The van der Waals surface area contributed by atoms with Crippen molar-refractivity contribution in [2.45, 2.75) is 19.8 Å². The van der Waals surface area contributed by atoms with Gasteiger partial charge >= 0.3 is 0 Å². The number of allylic oxidation sites excluding steroid dienone is 1. The summed E-state index contributed by atoms with van der Waals surface area (Å²) in [5.74, 6) is 0.00440. The zero-order chi connectivity index (χ0) is 8.43. The van der Waals surface area contributed by atoms with E-state index in [1.807, 2.05) is 6.92 Å². The van der Waals surface area contributed by atoms with Crippen LogP contribution in [0.5, 0.6) is 0 Å². The van der Waals surface area contributed by atoms with Gasteiger partial charge in [0.25, 0.3) is 0 Å². The van der Waals surface area contributed by atoms with Crippen LogP contribution in [0.2, 0.25) is 0 Å². The Bertz CT molecular complexity index is 206. The average Bonchev–Trinajstić information content (AvgIpc) is 2.17. The van der Waals surface area contributed by atoms with Crippen molar-refractivity contribution in [3.8, 4) is 0 Å². The summed E-state index contributed by atoms with van der Waals surface area (Å²) >= 11 is 0. The lowest BCUT2D eigenvalue weighted by Crippen LogP contribution is -2.13. The molecule has 11 heavy (non-hydrogen) atoms. The van der Waals surface area contributed by atoms with E-state index in [1.165, 1.54) is 0 Å². The molecule has 2 nitrogen and oxygen atoms in total. The Morgan fingerprint density at radius 3 is 2.55 bits per heavy atom. The topological polar surface area (TPSA) is 34.1 Å². The molecule has 0 aliphatic heterocycles. The SMILES string of the molecule is C=CC[C@@H]1C(=O)CC(=O)[C@H]1C. The van der Waals surface area contributed by atoms with Gasteiger partial charge < -0.3 is 0 Å². The van der Waals surface area contributed by atoms with Crippen LogP contribution in [-0.2, 0) is 9.59 Å². The quantitative estimate of drug-likeness (QED) is 0.442. The molecule has 0 aromatic carbocycles. The van der Waals surface area contributed by atoms with E-state index in [-0.39, 0.29) is 29.8 Å². The number of ketones is 2.